The molecule has 1 aromatic rings. The molecule has 0 saturated carbocycles. The van der Waals surface area contributed by atoms with Gasteiger partial charge in [0, 0.05) is 45.2 Å². The predicted octanol–water partition coefficient (Wildman–Crippen LogP) is 1.93. The Morgan fingerprint density at radius 1 is 1.38 bits per heavy atom. The monoisotopic (exact) mass is 334 g/mol. The van der Waals surface area contributed by atoms with Gasteiger partial charge in [-0.3, -0.25) is 19.7 Å². The highest BCUT2D eigenvalue weighted by atomic mass is 16.5. The van der Waals surface area contributed by atoms with Crippen LogP contribution in [0, 0.1) is 12.8 Å². The Hall–Kier alpha value is -1.53. The second-order valence-electron chi connectivity index (χ2n) is 7.13. The van der Waals surface area contributed by atoms with E-state index in [0.717, 1.165) is 43.9 Å². The SMILES string of the molecule is CCCC1CN(Cc2nccnc2C)CC1NC(=O)C(C)(C)OC. The number of ether oxygens (including phenoxy) is 1. The molecule has 0 aliphatic carbocycles. The van der Waals surface area contributed by atoms with E-state index in [0.29, 0.717) is 5.92 Å². The molecule has 2 rings (SSSR count). The molecule has 1 saturated heterocycles. The summed E-state index contributed by atoms with van der Waals surface area (Å²) in [6.07, 6.45) is 5.68. The molecular weight excluding hydrogens is 304 g/mol. The zero-order valence-electron chi connectivity index (χ0n) is 15.5. The summed E-state index contributed by atoms with van der Waals surface area (Å²) in [4.78, 5) is 23.6. The fourth-order valence-corrected chi connectivity index (χ4v) is 3.15. The topological polar surface area (TPSA) is 67.4 Å². The van der Waals surface area contributed by atoms with Gasteiger partial charge in [-0.1, -0.05) is 13.3 Å². The van der Waals surface area contributed by atoms with Crippen LogP contribution in [0.4, 0.5) is 0 Å². The van der Waals surface area contributed by atoms with E-state index in [-0.39, 0.29) is 11.9 Å². The second kappa shape index (κ2) is 8.03. The molecule has 0 bridgehead atoms. The number of aromatic nitrogens is 2. The number of likely N-dealkylation sites (tertiary alicyclic amines) is 1. The Bertz CT molecular complexity index is 562. The summed E-state index contributed by atoms with van der Waals surface area (Å²) in [5, 5.41) is 3.19. The van der Waals surface area contributed by atoms with Gasteiger partial charge in [-0.2, -0.15) is 0 Å². The number of nitrogens with one attached hydrogen (secondary N) is 1. The van der Waals surface area contributed by atoms with Crippen molar-refractivity contribution in [3.63, 3.8) is 0 Å². The Balaban J connectivity index is 2.03. The maximum Gasteiger partial charge on any atom is 0.251 e. The summed E-state index contributed by atoms with van der Waals surface area (Å²) < 4.78 is 5.30. The number of carbonyl (C=O) groups excluding carboxylic acids is 1. The van der Waals surface area contributed by atoms with Gasteiger partial charge in [0.25, 0.3) is 5.91 Å². The maximum atomic E-state index is 12.4. The Kier molecular flexibility index (Phi) is 6.29. The van der Waals surface area contributed by atoms with Crippen molar-refractivity contribution in [2.24, 2.45) is 5.92 Å². The molecule has 0 aromatic carbocycles. The molecule has 2 atom stereocenters. The number of carbonyl (C=O) groups is 1. The molecule has 1 fully saturated rings. The van der Waals surface area contributed by atoms with Crippen LogP contribution in [0.3, 0.4) is 0 Å². The van der Waals surface area contributed by atoms with E-state index in [1.54, 1.807) is 33.4 Å². The lowest BCUT2D eigenvalue weighted by molar-refractivity contribution is -0.140. The van der Waals surface area contributed by atoms with E-state index < -0.39 is 5.60 Å². The molecule has 6 nitrogen and oxygen atoms in total. The van der Waals surface area contributed by atoms with Gasteiger partial charge in [0.1, 0.15) is 5.60 Å². The third-order valence-electron chi connectivity index (χ3n) is 4.91. The fourth-order valence-electron chi connectivity index (χ4n) is 3.15. The van der Waals surface area contributed by atoms with Crippen LogP contribution in [0.2, 0.25) is 0 Å². The van der Waals surface area contributed by atoms with Crippen molar-refractivity contribution >= 4 is 5.91 Å². The van der Waals surface area contributed by atoms with Gasteiger partial charge in [-0.05, 0) is 33.1 Å². The van der Waals surface area contributed by atoms with Gasteiger partial charge in [-0.15, -0.1) is 0 Å². The van der Waals surface area contributed by atoms with E-state index in [9.17, 15) is 4.79 Å². The number of nitrogens with zero attached hydrogens (tertiary/aromatic N) is 3. The van der Waals surface area contributed by atoms with Crippen LogP contribution < -0.4 is 5.32 Å². The Labute approximate surface area is 145 Å². The quantitative estimate of drug-likeness (QED) is 0.825. The van der Waals surface area contributed by atoms with Gasteiger partial charge >= 0.3 is 0 Å². The van der Waals surface area contributed by atoms with Crippen molar-refractivity contribution in [1.82, 2.24) is 20.2 Å². The molecule has 1 N–H and O–H groups in total. The third-order valence-corrected chi connectivity index (χ3v) is 4.91. The van der Waals surface area contributed by atoms with E-state index in [1.807, 2.05) is 6.92 Å². The van der Waals surface area contributed by atoms with Crippen LogP contribution in [-0.2, 0) is 16.1 Å². The summed E-state index contributed by atoms with van der Waals surface area (Å²) in [5.74, 6) is 0.414. The minimum atomic E-state index is -0.800. The predicted molar refractivity (Wildman–Crippen MR) is 93.5 cm³/mol. The molecule has 1 aliphatic heterocycles. The largest absolute Gasteiger partial charge is 0.369 e. The first kappa shape index (κ1) is 18.8. The number of methoxy groups -OCH3 is 1. The van der Waals surface area contributed by atoms with Crippen LogP contribution in [-0.4, -0.2) is 52.6 Å². The highest BCUT2D eigenvalue weighted by molar-refractivity contribution is 5.84. The molecule has 0 radical (unpaired) electrons. The first-order chi connectivity index (χ1) is 11.4. The number of hydrogen-bond acceptors (Lipinski definition) is 5. The standard InChI is InChI=1S/C18H30N4O2/c1-6-7-14-10-22(11-15-13(2)19-8-9-20-15)12-16(14)21-17(23)18(3,4)24-5/h8-9,14,16H,6-7,10-12H2,1-5H3,(H,21,23). The minimum absolute atomic E-state index is 0.0476. The summed E-state index contributed by atoms with van der Waals surface area (Å²) in [5.41, 5.74) is 1.18. The maximum absolute atomic E-state index is 12.4. The lowest BCUT2D eigenvalue weighted by atomic mass is 9.97. The van der Waals surface area contributed by atoms with Crippen molar-refractivity contribution < 1.29 is 9.53 Å². The Morgan fingerprint density at radius 2 is 2.08 bits per heavy atom. The summed E-state index contributed by atoms with van der Waals surface area (Å²) >= 11 is 0. The first-order valence-corrected chi connectivity index (χ1v) is 8.72. The molecule has 0 spiro atoms. The molecular formula is C18H30N4O2. The van der Waals surface area contributed by atoms with Crippen molar-refractivity contribution in [2.75, 3.05) is 20.2 Å². The summed E-state index contributed by atoms with van der Waals surface area (Å²) in [6.45, 7) is 10.4. The highest BCUT2D eigenvalue weighted by Crippen LogP contribution is 2.24. The highest BCUT2D eigenvalue weighted by Gasteiger charge is 2.36. The average molecular weight is 334 g/mol. The average Bonchev–Trinajstić information content (AvgIpc) is 2.91. The molecule has 1 aliphatic rings. The van der Waals surface area contributed by atoms with Gasteiger partial charge in [0.05, 0.1) is 11.4 Å². The molecule has 2 heterocycles. The van der Waals surface area contributed by atoms with Crippen LogP contribution in [0.1, 0.15) is 45.0 Å². The van der Waals surface area contributed by atoms with E-state index >= 15 is 0 Å². The molecule has 134 valence electrons. The lowest BCUT2D eigenvalue weighted by Gasteiger charge is -2.26. The van der Waals surface area contributed by atoms with Crippen molar-refractivity contribution in [2.45, 2.75) is 58.7 Å². The van der Waals surface area contributed by atoms with Crippen LogP contribution in [0.15, 0.2) is 12.4 Å². The van der Waals surface area contributed by atoms with Crippen molar-refractivity contribution in [3.8, 4) is 0 Å². The number of rotatable bonds is 7. The molecule has 1 amide bonds. The normalized spacial score (nSPS) is 21.9. The molecule has 2 unspecified atom stereocenters. The molecule has 1 aromatic heterocycles. The number of aryl methyl sites for hydroxylation is 1. The zero-order chi connectivity index (χ0) is 17.7. The van der Waals surface area contributed by atoms with E-state index in [4.69, 9.17) is 4.74 Å². The second-order valence-corrected chi connectivity index (χ2v) is 7.13. The van der Waals surface area contributed by atoms with Gasteiger partial charge in [0.15, 0.2) is 0 Å². The third kappa shape index (κ3) is 4.51. The smallest absolute Gasteiger partial charge is 0.251 e. The first-order valence-electron chi connectivity index (χ1n) is 8.72. The summed E-state index contributed by atoms with van der Waals surface area (Å²) in [6, 6.07) is 0.156. The van der Waals surface area contributed by atoms with E-state index in [2.05, 4.69) is 27.1 Å². The lowest BCUT2D eigenvalue weighted by Crippen LogP contribution is -2.50. The Morgan fingerprint density at radius 3 is 2.71 bits per heavy atom. The van der Waals surface area contributed by atoms with Gasteiger partial charge < -0.3 is 10.1 Å². The van der Waals surface area contributed by atoms with Crippen LogP contribution in [0.5, 0.6) is 0 Å². The van der Waals surface area contributed by atoms with Gasteiger partial charge in [0.2, 0.25) is 0 Å². The number of amides is 1. The summed E-state index contributed by atoms with van der Waals surface area (Å²) in [7, 11) is 1.57. The van der Waals surface area contributed by atoms with Crippen LogP contribution >= 0.6 is 0 Å². The van der Waals surface area contributed by atoms with Crippen LogP contribution in [0.25, 0.3) is 0 Å². The number of hydrogen-bond donors (Lipinski definition) is 1. The zero-order valence-corrected chi connectivity index (χ0v) is 15.5. The molecule has 24 heavy (non-hydrogen) atoms. The van der Waals surface area contributed by atoms with E-state index in [1.165, 1.54) is 0 Å². The minimum Gasteiger partial charge on any atom is -0.369 e. The van der Waals surface area contributed by atoms with Crippen molar-refractivity contribution in [1.29, 1.82) is 0 Å². The molecule has 6 heteroatoms. The fraction of sp³-hybridized carbons (Fsp3) is 0.722. The van der Waals surface area contributed by atoms with Crippen molar-refractivity contribution in [3.05, 3.63) is 23.8 Å². The van der Waals surface area contributed by atoms with Gasteiger partial charge in [-0.25, -0.2) is 0 Å².